The molecule has 1 heterocycles. The molecular weight excluding hydrogens is 217 g/mol. The summed E-state index contributed by atoms with van der Waals surface area (Å²) < 4.78 is 14.9. The van der Waals surface area contributed by atoms with Crippen LogP contribution in [0.3, 0.4) is 0 Å². The first-order chi connectivity index (χ1) is 8.22. The van der Waals surface area contributed by atoms with E-state index in [4.69, 9.17) is 5.73 Å². The number of aromatic nitrogens is 2. The van der Waals surface area contributed by atoms with Gasteiger partial charge in [-0.2, -0.15) is 0 Å². The molecule has 0 radical (unpaired) electrons. The van der Waals surface area contributed by atoms with Gasteiger partial charge in [-0.1, -0.05) is 12.1 Å². The minimum absolute atomic E-state index is 0.139. The van der Waals surface area contributed by atoms with Gasteiger partial charge in [0.2, 0.25) is 0 Å². The van der Waals surface area contributed by atoms with E-state index < -0.39 is 0 Å². The van der Waals surface area contributed by atoms with Crippen molar-refractivity contribution in [1.82, 2.24) is 9.55 Å². The molecule has 0 fully saturated rings. The highest BCUT2D eigenvalue weighted by atomic mass is 19.1. The molecule has 1 aromatic carbocycles. The Morgan fingerprint density at radius 1 is 1.35 bits per heavy atom. The van der Waals surface area contributed by atoms with Gasteiger partial charge in [0.1, 0.15) is 5.82 Å². The van der Waals surface area contributed by atoms with Gasteiger partial charge < -0.3 is 10.3 Å². The van der Waals surface area contributed by atoms with Crippen molar-refractivity contribution in [2.45, 2.75) is 19.4 Å². The average molecular weight is 233 g/mol. The predicted octanol–water partition coefficient (Wildman–Crippen LogP) is 2.13. The van der Waals surface area contributed by atoms with Crippen molar-refractivity contribution in [3.05, 3.63) is 53.9 Å². The molecule has 0 aliphatic carbocycles. The number of benzene rings is 1. The van der Waals surface area contributed by atoms with Crippen molar-refractivity contribution < 1.29 is 4.39 Å². The number of rotatable bonds is 4. The number of hydrogen-bond acceptors (Lipinski definition) is 2. The summed E-state index contributed by atoms with van der Waals surface area (Å²) >= 11 is 0. The Balaban J connectivity index is 2.26. The van der Waals surface area contributed by atoms with E-state index in [1.54, 1.807) is 18.5 Å². The fraction of sp³-hybridized carbons (Fsp3) is 0.308. The minimum atomic E-state index is -0.214. The molecule has 3 nitrogen and oxygen atoms in total. The summed E-state index contributed by atoms with van der Waals surface area (Å²) in [5.41, 5.74) is 7.72. The van der Waals surface area contributed by atoms with Crippen LogP contribution in [0, 0.1) is 5.82 Å². The zero-order chi connectivity index (χ0) is 12.3. The van der Waals surface area contributed by atoms with Crippen LogP contribution in [0.25, 0.3) is 0 Å². The number of imidazole rings is 1. The van der Waals surface area contributed by atoms with Gasteiger partial charge in [0.25, 0.3) is 0 Å². The van der Waals surface area contributed by atoms with Crippen molar-refractivity contribution in [3.63, 3.8) is 0 Å². The number of nitrogens with two attached hydrogens (primary N) is 1. The lowest BCUT2D eigenvalue weighted by molar-refractivity contribution is 0.599. The third-order valence-electron chi connectivity index (χ3n) is 2.92. The lowest BCUT2D eigenvalue weighted by Crippen LogP contribution is -2.12. The van der Waals surface area contributed by atoms with E-state index in [1.807, 2.05) is 6.20 Å². The van der Waals surface area contributed by atoms with Gasteiger partial charge in [-0.05, 0) is 31.2 Å². The maximum atomic E-state index is 12.9. The van der Waals surface area contributed by atoms with Crippen LogP contribution < -0.4 is 5.73 Å². The summed E-state index contributed by atoms with van der Waals surface area (Å²) in [4.78, 5) is 4.14. The highest BCUT2D eigenvalue weighted by Gasteiger charge is 2.11. The van der Waals surface area contributed by atoms with Gasteiger partial charge in [-0.25, -0.2) is 9.37 Å². The number of nitrogens with zero attached hydrogens (tertiary/aromatic N) is 2. The molecule has 0 amide bonds. The molecule has 1 atom stereocenters. The quantitative estimate of drug-likeness (QED) is 0.879. The van der Waals surface area contributed by atoms with Crippen LogP contribution in [-0.2, 0) is 6.42 Å². The Morgan fingerprint density at radius 2 is 2.06 bits per heavy atom. The summed E-state index contributed by atoms with van der Waals surface area (Å²) in [5, 5.41) is 0. The monoisotopic (exact) mass is 233 g/mol. The molecule has 0 spiro atoms. The van der Waals surface area contributed by atoms with E-state index in [-0.39, 0.29) is 11.9 Å². The van der Waals surface area contributed by atoms with Crippen molar-refractivity contribution in [2.24, 2.45) is 5.73 Å². The molecule has 0 aliphatic rings. The molecule has 1 aromatic heterocycles. The van der Waals surface area contributed by atoms with E-state index in [0.717, 1.165) is 17.7 Å². The van der Waals surface area contributed by atoms with Crippen LogP contribution in [0.4, 0.5) is 4.39 Å². The average Bonchev–Trinajstić information content (AvgIpc) is 2.78. The topological polar surface area (TPSA) is 43.8 Å². The number of hydrogen-bond donors (Lipinski definition) is 1. The van der Waals surface area contributed by atoms with E-state index in [2.05, 4.69) is 16.5 Å². The van der Waals surface area contributed by atoms with Crippen LogP contribution in [0.1, 0.15) is 24.2 Å². The zero-order valence-electron chi connectivity index (χ0n) is 9.81. The first-order valence-electron chi connectivity index (χ1n) is 5.68. The molecule has 0 bridgehead atoms. The summed E-state index contributed by atoms with van der Waals surface area (Å²) in [5.74, 6) is -0.214. The molecule has 90 valence electrons. The molecule has 0 saturated carbocycles. The summed E-state index contributed by atoms with van der Waals surface area (Å²) in [7, 11) is 0. The Hall–Kier alpha value is -1.68. The third-order valence-corrected chi connectivity index (χ3v) is 2.92. The fourth-order valence-electron chi connectivity index (χ4n) is 1.92. The highest BCUT2D eigenvalue weighted by molar-refractivity contribution is 5.21. The Morgan fingerprint density at radius 3 is 2.71 bits per heavy atom. The molecule has 17 heavy (non-hydrogen) atoms. The number of halogens is 1. The smallest absolute Gasteiger partial charge is 0.123 e. The first-order valence-corrected chi connectivity index (χ1v) is 5.68. The van der Waals surface area contributed by atoms with Crippen LogP contribution in [0.5, 0.6) is 0 Å². The fourth-order valence-corrected chi connectivity index (χ4v) is 1.92. The lowest BCUT2D eigenvalue weighted by atomic mass is 10.1. The maximum absolute atomic E-state index is 12.9. The first kappa shape index (κ1) is 11.8. The predicted molar refractivity (Wildman–Crippen MR) is 65.2 cm³/mol. The van der Waals surface area contributed by atoms with Crippen molar-refractivity contribution >= 4 is 0 Å². The molecule has 2 rings (SSSR count). The van der Waals surface area contributed by atoms with E-state index >= 15 is 0 Å². The molecule has 1 unspecified atom stereocenters. The standard InChI is InChI=1S/C13H16FN3/c1-10(11-2-4-12(14)5-3-11)17-9-16-8-13(17)6-7-15/h2-5,8-10H,6-7,15H2,1H3. The van der Waals surface area contributed by atoms with Crippen molar-refractivity contribution in [1.29, 1.82) is 0 Å². The molecule has 2 aromatic rings. The summed E-state index contributed by atoms with van der Waals surface area (Å²) in [6.07, 6.45) is 4.41. The van der Waals surface area contributed by atoms with Crippen LogP contribution in [-0.4, -0.2) is 16.1 Å². The van der Waals surface area contributed by atoms with Crippen molar-refractivity contribution in [3.8, 4) is 0 Å². The lowest BCUT2D eigenvalue weighted by Gasteiger charge is -2.16. The van der Waals surface area contributed by atoms with Gasteiger partial charge >= 0.3 is 0 Å². The summed E-state index contributed by atoms with van der Waals surface area (Å²) in [6.45, 7) is 2.66. The Kier molecular flexibility index (Phi) is 3.54. The van der Waals surface area contributed by atoms with E-state index in [1.165, 1.54) is 12.1 Å². The zero-order valence-corrected chi connectivity index (χ0v) is 9.81. The molecular formula is C13H16FN3. The minimum Gasteiger partial charge on any atom is -0.330 e. The normalized spacial score (nSPS) is 12.6. The third kappa shape index (κ3) is 2.53. The van der Waals surface area contributed by atoms with Gasteiger partial charge in [-0.15, -0.1) is 0 Å². The van der Waals surface area contributed by atoms with Crippen molar-refractivity contribution in [2.75, 3.05) is 6.54 Å². The van der Waals surface area contributed by atoms with Crippen LogP contribution >= 0.6 is 0 Å². The molecule has 0 saturated heterocycles. The van der Waals surface area contributed by atoms with E-state index in [0.29, 0.717) is 6.54 Å². The van der Waals surface area contributed by atoms with Gasteiger partial charge in [-0.3, -0.25) is 0 Å². The maximum Gasteiger partial charge on any atom is 0.123 e. The van der Waals surface area contributed by atoms with Gasteiger partial charge in [0.05, 0.1) is 12.4 Å². The molecule has 2 N–H and O–H groups in total. The Bertz CT molecular complexity index is 476. The second kappa shape index (κ2) is 5.10. The largest absolute Gasteiger partial charge is 0.330 e. The summed E-state index contributed by atoms with van der Waals surface area (Å²) in [6, 6.07) is 6.69. The SMILES string of the molecule is CC(c1ccc(F)cc1)n1cncc1CCN. The second-order valence-electron chi connectivity index (χ2n) is 4.06. The Labute approximate surface area is 100 Å². The van der Waals surface area contributed by atoms with Gasteiger partial charge in [0, 0.05) is 18.3 Å². The van der Waals surface area contributed by atoms with Crippen LogP contribution in [0.15, 0.2) is 36.8 Å². The van der Waals surface area contributed by atoms with Crippen LogP contribution in [0.2, 0.25) is 0 Å². The molecule has 0 aliphatic heterocycles. The second-order valence-corrected chi connectivity index (χ2v) is 4.06. The van der Waals surface area contributed by atoms with Gasteiger partial charge in [0.15, 0.2) is 0 Å². The molecule has 4 heteroatoms. The van der Waals surface area contributed by atoms with E-state index in [9.17, 15) is 4.39 Å². The highest BCUT2D eigenvalue weighted by Crippen LogP contribution is 2.20.